The molecule has 0 nitrogen and oxygen atoms in total. The first kappa shape index (κ1) is 11.5. The molecule has 0 aliphatic heterocycles. The smallest absolute Gasteiger partial charge is 0.0619 e. The Bertz CT molecular complexity index is 76.0. The molecule has 1 atom stereocenters. The molecular formula is C9H19ClSi. The minimum absolute atomic E-state index is 0.455. The van der Waals surface area contributed by atoms with E-state index in [4.69, 9.17) is 11.6 Å². The fraction of sp³-hybridized carbons (Fsp3) is 1.00. The Kier molecular flexibility index (Phi) is 9.00. The summed E-state index contributed by atoms with van der Waals surface area (Å²) < 4.78 is 0. The van der Waals surface area contributed by atoms with Crippen molar-refractivity contribution in [1.29, 1.82) is 0 Å². The number of hydrogen-bond donors (Lipinski definition) is 0. The normalized spacial score (nSPS) is 13.4. The van der Waals surface area contributed by atoms with E-state index in [1.165, 1.54) is 31.7 Å². The molecule has 0 aromatic rings. The van der Waals surface area contributed by atoms with E-state index in [-0.39, 0.29) is 0 Å². The van der Waals surface area contributed by atoms with E-state index in [2.05, 4.69) is 13.8 Å². The molecule has 0 aliphatic rings. The molecule has 0 spiro atoms. The molecule has 0 aliphatic carbocycles. The summed E-state index contributed by atoms with van der Waals surface area (Å²) in [6.07, 6.45) is 6.64. The van der Waals surface area contributed by atoms with Crippen LogP contribution in [0.3, 0.4) is 0 Å². The van der Waals surface area contributed by atoms with Gasteiger partial charge in [0, 0.05) is 5.00 Å². The largest absolute Gasteiger partial charge is 0.127 e. The minimum Gasteiger partial charge on any atom is -0.127 e. The van der Waals surface area contributed by atoms with Gasteiger partial charge in [0.1, 0.15) is 0 Å². The lowest BCUT2D eigenvalue weighted by atomic mass is 10.2. The zero-order valence-corrected chi connectivity index (χ0v) is 9.45. The Balaban J connectivity index is 2.89. The van der Waals surface area contributed by atoms with Crippen LogP contribution in [0.15, 0.2) is 0 Å². The number of halogens is 1. The highest BCUT2D eigenvalue weighted by Gasteiger charge is 2.00. The summed E-state index contributed by atoms with van der Waals surface area (Å²) in [7, 11) is 0.983. The Labute approximate surface area is 78.5 Å². The summed E-state index contributed by atoms with van der Waals surface area (Å²) in [6.45, 7) is 4.41. The topological polar surface area (TPSA) is 0 Å². The molecule has 0 aromatic carbocycles. The number of hydrogen-bond acceptors (Lipinski definition) is 0. The van der Waals surface area contributed by atoms with Crippen LogP contribution in [0.25, 0.3) is 0 Å². The Morgan fingerprint density at radius 1 is 1.18 bits per heavy atom. The van der Waals surface area contributed by atoms with Crippen molar-refractivity contribution in [1.82, 2.24) is 0 Å². The molecule has 0 rings (SSSR count). The SMILES string of the molecule is CCCCCC[Si]C(Cl)CC. The first-order chi connectivity index (χ1) is 5.31. The van der Waals surface area contributed by atoms with Crippen molar-refractivity contribution < 1.29 is 0 Å². The third-order valence-corrected chi connectivity index (χ3v) is 4.02. The fourth-order valence-corrected chi connectivity index (χ4v) is 2.34. The lowest BCUT2D eigenvalue weighted by molar-refractivity contribution is 0.699. The molecule has 0 N–H and O–H groups in total. The van der Waals surface area contributed by atoms with Gasteiger partial charge >= 0.3 is 0 Å². The van der Waals surface area contributed by atoms with E-state index >= 15 is 0 Å². The van der Waals surface area contributed by atoms with Crippen LogP contribution < -0.4 is 0 Å². The predicted molar refractivity (Wildman–Crippen MR) is 54.6 cm³/mol. The van der Waals surface area contributed by atoms with Gasteiger partial charge in [-0.1, -0.05) is 45.6 Å². The second-order valence-corrected chi connectivity index (χ2v) is 5.39. The quantitative estimate of drug-likeness (QED) is 0.327. The molecule has 11 heavy (non-hydrogen) atoms. The van der Waals surface area contributed by atoms with E-state index in [1.807, 2.05) is 0 Å². The van der Waals surface area contributed by atoms with Gasteiger partial charge in [-0.25, -0.2) is 0 Å². The molecule has 0 heterocycles. The van der Waals surface area contributed by atoms with Crippen molar-refractivity contribution in [3.8, 4) is 0 Å². The minimum atomic E-state index is 0.455. The monoisotopic (exact) mass is 190 g/mol. The number of unbranched alkanes of at least 4 members (excludes halogenated alkanes) is 3. The van der Waals surface area contributed by atoms with Gasteiger partial charge in [0.15, 0.2) is 0 Å². The summed E-state index contributed by atoms with van der Waals surface area (Å²) in [6, 6.07) is 1.35. The summed E-state index contributed by atoms with van der Waals surface area (Å²) in [5.41, 5.74) is 0. The molecule has 0 bridgehead atoms. The number of rotatable bonds is 7. The molecule has 0 amide bonds. The van der Waals surface area contributed by atoms with Crippen LogP contribution in [-0.2, 0) is 0 Å². The van der Waals surface area contributed by atoms with Crippen LogP contribution >= 0.6 is 11.6 Å². The van der Waals surface area contributed by atoms with Crippen LogP contribution in [0.2, 0.25) is 6.04 Å². The third kappa shape index (κ3) is 8.41. The standard InChI is InChI=1S/C9H19ClSi/c1-3-5-6-7-8-11-9(10)4-2/h9H,3-8H2,1-2H3. The average Bonchev–Trinajstić information content (AvgIpc) is 2.04. The average molecular weight is 191 g/mol. The number of alkyl halides is 1. The van der Waals surface area contributed by atoms with Gasteiger partial charge in [-0.15, -0.1) is 11.6 Å². The van der Waals surface area contributed by atoms with E-state index in [0.29, 0.717) is 5.00 Å². The molecule has 0 aromatic heterocycles. The molecule has 2 radical (unpaired) electrons. The van der Waals surface area contributed by atoms with E-state index in [9.17, 15) is 0 Å². The summed E-state index contributed by atoms with van der Waals surface area (Å²) in [5.74, 6) is 0. The maximum Gasteiger partial charge on any atom is 0.0619 e. The maximum atomic E-state index is 5.99. The van der Waals surface area contributed by atoms with Crippen LogP contribution in [0.1, 0.15) is 46.0 Å². The Morgan fingerprint density at radius 2 is 1.91 bits per heavy atom. The van der Waals surface area contributed by atoms with Crippen molar-refractivity contribution in [3.63, 3.8) is 0 Å². The van der Waals surface area contributed by atoms with Crippen LogP contribution in [-0.4, -0.2) is 14.5 Å². The molecule has 66 valence electrons. The zero-order valence-electron chi connectivity index (χ0n) is 7.70. The van der Waals surface area contributed by atoms with Crippen molar-refractivity contribution in [2.24, 2.45) is 0 Å². The molecule has 0 saturated carbocycles. The van der Waals surface area contributed by atoms with Crippen molar-refractivity contribution >= 4 is 21.1 Å². The molecule has 0 fully saturated rings. The first-order valence-electron chi connectivity index (χ1n) is 4.68. The lowest BCUT2D eigenvalue weighted by Gasteiger charge is -2.03. The van der Waals surface area contributed by atoms with Gasteiger partial charge in [-0.3, -0.25) is 0 Å². The van der Waals surface area contributed by atoms with Gasteiger partial charge < -0.3 is 0 Å². The molecular weight excluding hydrogens is 172 g/mol. The van der Waals surface area contributed by atoms with E-state index in [1.54, 1.807) is 0 Å². The fourth-order valence-electron chi connectivity index (χ4n) is 0.955. The summed E-state index contributed by atoms with van der Waals surface area (Å²) >= 11 is 5.99. The van der Waals surface area contributed by atoms with Crippen LogP contribution in [0.5, 0.6) is 0 Å². The molecule has 1 unspecified atom stereocenters. The molecule has 0 saturated heterocycles. The predicted octanol–water partition coefficient (Wildman–Crippen LogP) is 3.66. The van der Waals surface area contributed by atoms with Gasteiger partial charge in [-0.2, -0.15) is 0 Å². The van der Waals surface area contributed by atoms with E-state index < -0.39 is 0 Å². The lowest BCUT2D eigenvalue weighted by Crippen LogP contribution is -2.06. The Morgan fingerprint density at radius 3 is 2.45 bits per heavy atom. The zero-order chi connectivity index (χ0) is 8.53. The summed E-state index contributed by atoms with van der Waals surface area (Å²) in [5, 5.41) is 0.455. The van der Waals surface area contributed by atoms with E-state index in [0.717, 1.165) is 15.9 Å². The van der Waals surface area contributed by atoms with Crippen molar-refractivity contribution in [2.75, 3.05) is 0 Å². The maximum absolute atomic E-state index is 5.99. The van der Waals surface area contributed by atoms with Gasteiger partial charge in [0.25, 0.3) is 0 Å². The second-order valence-electron chi connectivity index (χ2n) is 2.89. The van der Waals surface area contributed by atoms with Crippen LogP contribution in [0.4, 0.5) is 0 Å². The Hall–Kier alpha value is 0.507. The van der Waals surface area contributed by atoms with Gasteiger partial charge in [0.05, 0.1) is 9.52 Å². The highest BCUT2D eigenvalue weighted by molar-refractivity contribution is 6.53. The highest BCUT2D eigenvalue weighted by Crippen LogP contribution is 2.06. The van der Waals surface area contributed by atoms with Crippen molar-refractivity contribution in [2.45, 2.75) is 57.0 Å². The van der Waals surface area contributed by atoms with Gasteiger partial charge in [0.2, 0.25) is 0 Å². The van der Waals surface area contributed by atoms with Crippen LogP contribution in [0, 0.1) is 0 Å². The highest BCUT2D eigenvalue weighted by atomic mass is 35.5. The second kappa shape index (κ2) is 8.60. The third-order valence-electron chi connectivity index (χ3n) is 1.75. The summed E-state index contributed by atoms with van der Waals surface area (Å²) in [4.78, 5) is 0. The van der Waals surface area contributed by atoms with Gasteiger partial charge in [-0.05, 0) is 6.42 Å². The van der Waals surface area contributed by atoms with Crippen molar-refractivity contribution in [3.05, 3.63) is 0 Å². The first-order valence-corrected chi connectivity index (χ1v) is 6.40. The molecule has 2 heteroatoms.